The van der Waals surface area contributed by atoms with Crippen LogP contribution in [-0.4, -0.2) is 19.7 Å². The monoisotopic (exact) mass is 361 g/mol. The predicted molar refractivity (Wildman–Crippen MR) is 96.1 cm³/mol. The van der Waals surface area contributed by atoms with Crippen LogP contribution in [0.4, 0.5) is 17.3 Å². The Hall–Kier alpha value is -4.01. The zero-order valence-electron chi connectivity index (χ0n) is 13.7. The quantitative estimate of drug-likeness (QED) is 0.292. The van der Waals surface area contributed by atoms with Crippen LogP contribution in [-0.2, 0) is 0 Å². The summed E-state index contributed by atoms with van der Waals surface area (Å²) in [5.41, 5.74) is 1.28. The van der Waals surface area contributed by atoms with Crippen LogP contribution in [0.3, 0.4) is 0 Å². The van der Waals surface area contributed by atoms with Gasteiger partial charge in [-0.2, -0.15) is 10.1 Å². The second-order valence-electron chi connectivity index (χ2n) is 6.08. The van der Waals surface area contributed by atoms with Gasteiger partial charge in [-0.1, -0.05) is 24.3 Å². The van der Waals surface area contributed by atoms with Gasteiger partial charge in [0.05, 0.1) is 16.2 Å². The van der Waals surface area contributed by atoms with Crippen molar-refractivity contribution in [3.05, 3.63) is 86.5 Å². The zero-order chi connectivity index (χ0) is 18.5. The highest BCUT2D eigenvalue weighted by atomic mass is 16.6. The van der Waals surface area contributed by atoms with Crippen LogP contribution in [0.1, 0.15) is 17.2 Å². The van der Waals surface area contributed by atoms with Crippen LogP contribution >= 0.6 is 0 Å². The lowest BCUT2D eigenvalue weighted by molar-refractivity contribution is -0.384. The first-order valence-electron chi connectivity index (χ1n) is 8.10. The molecule has 1 atom stereocenters. The summed E-state index contributed by atoms with van der Waals surface area (Å²) in [5.74, 6) is 0.440. The Labute approximate surface area is 151 Å². The third-order valence-electron chi connectivity index (χ3n) is 4.57. The number of nitrogens with one attached hydrogen (secondary N) is 1. The number of rotatable bonds is 2. The average molecular weight is 361 g/mol. The predicted octanol–water partition coefficient (Wildman–Crippen LogP) is 2.99. The van der Waals surface area contributed by atoms with Crippen LogP contribution in [0.5, 0.6) is 0 Å². The molecule has 0 radical (unpaired) electrons. The maximum absolute atomic E-state index is 12.8. The van der Waals surface area contributed by atoms with Gasteiger partial charge in [0.15, 0.2) is 0 Å². The summed E-state index contributed by atoms with van der Waals surface area (Å²) in [6.07, 6.45) is 1.36. The van der Waals surface area contributed by atoms with Gasteiger partial charge in [-0.05, 0) is 17.7 Å². The van der Waals surface area contributed by atoms with Crippen molar-refractivity contribution in [2.24, 2.45) is 0 Å². The van der Waals surface area contributed by atoms with Gasteiger partial charge in [0.1, 0.15) is 18.0 Å². The van der Waals surface area contributed by atoms with Gasteiger partial charge in [-0.15, -0.1) is 0 Å². The number of nitrogens with zero attached hydrogens (tertiary/aromatic N) is 4. The molecule has 2 aromatic heterocycles. The standard InChI is InChI=1S/C18H11N5O4/c24-17-14-15(12-6-1-2-7-13(12)27-17)21-18-19-9-20-22(18)16(14)10-4-3-5-11(8-10)23(25)26/h1-9,16H,(H,19,20,21). The fraction of sp³-hybridized carbons (Fsp3) is 0.0556. The first kappa shape index (κ1) is 15.3. The van der Waals surface area contributed by atoms with Crippen molar-refractivity contribution in [1.29, 1.82) is 0 Å². The minimum Gasteiger partial charge on any atom is -0.422 e. The molecule has 1 aliphatic heterocycles. The molecule has 27 heavy (non-hydrogen) atoms. The van der Waals surface area contributed by atoms with Gasteiger partial charge in [0.25, 0.3) is 5.69 Å². The Balaban J connectivity index is 1.84. The number of non-ortho nitro benzene ring substituents is 1. The second kappa shape index (κ2) is 5.49. The number of aromatic nitrogens is 3. The molecule has 5 rings (SSSR count). The van der Waals surface area contributed by atoms with Gasteiger partial charge in [0.2, 0.25) is 5.95 Å². The van der Waals surface area contributed by atoms with E-state index in [4.69, 9.17) is 4.42 Å². The third kappa shape index (κ3) is 2.21. The molecule has 3 heterocycles. The average Bonchev–Trinajstić information content (AvgIpc) is 3.15. The number of nitro benzene ring substituents is 1. The van der Waals surface area contributed by atoms with Crippen molar-refractivity contribution in [2.75, 3.05) is 5.32 Å². The molecule has 0 saturated heterocycles. The molecule has 0 aliphatic carbocycles. The Morgan fingerprint density at radius 1 is 1.19 bits per heavy atom. The van der Waals surface area contributed by atoms with E-state index in [9.17, 15) is 14.9 Å². The summed E-state index contributed by atoms with van der Waals surface area (Å²) < 4.78 is 7.01. The summed E-state index contributed by atoms with van der Waals surface area (Å²) in [7, 11) is 0. The Morgan fingerprint density at radius 2 is 2.04 bits per heavy atom. The van der Waals surface area contributed by atoms with E-state index < -0.39 is 16.6 Å². The van der Waals surface area contributed by atoms with Crippen molar-refractivity contribution < 1.29 is 9.34 Å². The van der Waals surface area contributed by atoms with Crippen molar-refractivity contribution in [3.8, 4) is 0 Å². The van der Waals surface area contributed by atoms with Crippen molar-refractivity contribution >= 4 is 28.3 Å². The number of para-hydroxylation sites is 1. The van der Waals surface area contributed by atoms with Crippen LogP contribution in [0, 0.1) is 10.1 Å². The van der Waals surface area contributed by atoms with E-state index in [2.05, 4.69) is 15.4 Å². The SMILES string of the molecule is O=c1oc2ccccc2c2c1C(c1cccc([N+](=O)[O-])c1)n1ncnc1N2. The minimum absolute atomic E-state index is 0.0700. The van der Waals surface area contributed by atoms with E-state index in [0.29, 0.717) is 28.3 Å². The minimum atomic E-state index is -0.695. The second-order valence-corrected chi connectivity index (χ2v) is 6.08. The highest BCUT2D eigenvalue weighted by molar-refractivity contribution is 5.94. The third-order valence-corrected chi connectivity index (χ3v) is 4.57. The molecule has 0 bridgehead atoms. The van der Waals surface area contributed by atoms with E-state index in [1.807, 2.05) is 12.1 Å². The van der Waals surface area contributed by atoms with Crippen LogP contribution < -0.4 is 10.9 Å². The van der Waals surface area contributed by atoms with Gasteiger partial charge < -0.3 is 9.73 Å². The van der Waals surface area contributed by atoms with Crippen molar-refractivity contribution in [3.63, 3.8) is 0 Å². The Kier molecular flexibility index (Phi) is 3.11. The molecule has 4 aromatic rings. The van der Waals surface area contributed by atoms with Gasteiger partial charge in [-0.3, -0.25) is 10.1 Å². The smallest absolute Gasteiger partial charge is 0.344 e. The number of benzene rings is 2. The Morgan fingerprint density at radius 3 is 2.89 bits per heavy atom. The normalized spacial score (nSPS) is 15.0. The molecule has 0 amide bonds. The fourth-order valence-corrected chi connectivity index (χ4v) is 3.43. The van der Waals surface area contributed by atoms with Crippen LogP contribution in [0.15, 0.2) is 64.1 Å². The maximum Gasteiger partial charge on any atom is 0.344 e. The molecule has 0 fully saturated rings. The summed E-state index contributed by atoms with van der Waals surface area (Å²) in [4.78, 5) is 27.7. The summed E-state index contributed by atoms with van der Waals surface area (Å²) >= 11 is 0. The molecule has 0 saturated carbocycles. The molecular weight excluding hydrogens is 350 g/mol. The van der Waals surface area contributed by atoms with Gasteiger partial charge in [0, 0.05) is 17.5 Å². The summed E-state index contributed by atoms with van der Waals surface area (Å²) in [6.45, 7) is 0. The van der Waals surface area contributed by atoms with Gasteiger partial charge in [-0.25, -0.2) is 9.48 Å². The summed E-state index contributed by atoms with van der Waals surface area (Å²) in [5, 5.41) is 19.3. The molecule has 2 aromatic carbocycles. The number of hydrogen-bond donors (Lipinski definition) is 1. The first-order chi connectivity index (χ1) is 13.1. The van der Waals surface area contributed by atoms with E-state index in [0.717, 1.165) is 5.39 Å². The maximum atomic E-state index is 12.8. The van der Waals surface area contributed by atoms with Crippen LogP contribution in [0.2, 0.25) is 0 Å². The highest BCUT2D eigenvalue weighted by Crippen LogP contribution is 2.40. The van der Waals surface area contributed by atoms with E-state index in [-0.39, 0.29) is 5.69 Å². The van der Waals surface area contributed by atoms with Crippen LogP contribution in [0.25, 0.3) is 11.0 Å². The molecule has 132 valence electrons. The lowest BCUT2D eigenvalue weighted by Crippen LogP contribution is -2.28. The molecule has 0 spiro atoms. The van der Waals surface area contributed by atoms with Crippen molar-refractivity contribution in [2.45, 2.75) is 6.04 Å². The largest absolute Gasteiger partial charge is 0.422 e. The fourth-order valence-electron chi connectivity index (χ4n) is 3.43. The molecule has 1 aliphatic rings. The molecule has 1 N–H and O–H groups in total. The number of nitro groups is 1. The van der Waals surface area contributed by atoms with E-state index in [1.54, 1.807) is 24.3 Å². The lowest BCUT2D eigenvalue weighted by atomic mass is 9.95. The topological polar surface area (TPSA) is 116 Å². The van der Waals surface area contributed by atoms with E-state index >= 15 is 0 Å². The molecule has 1 unspecified atom stereocenters. The van der Waals surface area contributed by atoms with Gasteiger partial charge >= 0.3 is 5.63 Å². The summed E-state index contributed by atoms with van der Waals surface area (Å²) in [6, 6.07) is 12.6. The lowest BCUT2D eigenvalue weighted by Gasteiger charge is -2.27. The van der Waals surface area contributed by atoms with Crippen molar-refractivity contribution in [1.82, 2.24) is 14.8 Å². The molecule has 9 nitrogen and oxygen atoms in total. The molecular formula is C18H11N5O4. The first-order valence-corrected chi connectivity index (χ1v) is 8.10. The number of hydrogen-bond acceptors (Lipinski definition) is 7. The van der Waals surface area contributed by atoms with E-state index in [1.165, 1.54) is 23.1 Å². The Bertz CT molecular complexity index is 1280. The number of fused-ring (bicyclic) bond motifs is 4. The zero-order valence-corrected chi connectivity index (χ0v) is 13.7. The molecule has 9 heteroatoms. The highest BCUT2D eigenvalue weighted by Gasteiger charge is 2.33. The number of anilines is 2.